The molecule has 314 valence electrons. The molecule has 0 bridgehead atoms. The summed E-state index contributed by atoms with van der Waals surface area (Å²) in [7, 11) is 0. The molecule has 15 nitrogen and oxygen atoms in total. The SMILES string of the molecule is O=C(OC[C@H]1O[C@H](O)[C@@H](O[C@@H]2OC[C@@H](OC(=O)c3ccccc3)[C@H](OC(=O)c3ccccc3)[C@H]2OC(=O)c2ccccc2)[C@@H](O)[C@@H]1OC(=O)c1ccccc1)c1ccccc1. The summed E-state index contributed by atoms with van der Waals surface area (Å²) in [4.78, 5) is 67.0. The Morgan fingerprint density at radius 1 is 0.475 bits per heavy atom. The van der Waals surface area contributed by atoms with E-state index in [9.17, 15) is 34.2 Å². The Kier molecular flexibility index (Phi) is 13.9. The van der Waals surface area contributed by atoms with Gasteiger partial charge in [-0.05, 0) is 60.7 Å². The number of aliphatic hydroxyl groups excluding tert-OH is 2. The number of benzene rings is 5. The molecule has 0 radical (unpaired) electrons. The molecule has 9 atom stereocenters. The van der Waals surface area contributed by atoms with E-state index >= 15 is 0 Å². The molecule has 2 aliphatic heterocycles. The van der Waals surface area contributed by atoms with Gasteiger partial charge in [-0.25, -0.2) is 24.0 Å². The maximum atomic E-state index is 13.7. The molecule has 0 aromatic heterocycles. The van der Waals surface area contributed by atoms with Crippen molar-refractivity contribution in [2.24, 2.45) is 0 Å². The molecule has 0 saturated carbocycles. The molecule has 2 N–H and O–H groups in total. The number of hydrogen-bond donors (Lipinski definition) is 2. The Labute approximate surface area is 349 Å². The highest BCUT2D eigenvalue weighted by Gasteiger charge is 2.54. The standard InChI is InChI=1S/C46H40O15/c47-35-36(58-42(50)30-20-10-3-11-21-30)33(26-54-40(48)28-16-6-1-7-17-28)57-45(53)38(35)61-46-39(60-44(52)32-24-14-5-15-25-32)37(59-43(51)31-22-12-4-13-23-31)34(27-55-46)56-41(49)29-18-8-2-9-19-29/h1-25,33-39,45-47,53H,26-27H2/t33-,34-,35+,36-,37+,38+,39-,45+,46+/m1/s1. The summed E-state index contributed by atoms with van der Waals surface area (Å²) in [6.45, 7) is -1.08. The van der Waals surface area contributed by atoms with Crippen molar-refractivity contribution in [2.45, 2.75) is 55.3 Å². The summed E-state index contributed by atoms with van der Waals surface area (Å²) < 4.78 is 46.9. The van der Waals surface area contributed by atoms with Crippen molar-refractivity contribution >= 4 is 29.8 Å². The average molecular weight is 833 g/mol. The lowest BCUT2D eigenvalue weighted by molar-refractivity contribution is -0.347. The van der Waals surface area contributed by atoms with Crippen LogP contribution in [-0.4, -0.2) is 109 Å². The lowest BCUT2D eigenvalue weighted by Crippen LogP contribution is -2.64. The van der Waals surface area contributed by atoms with Crippen molar-refractivity contribution in [3.05, 3.63) is 179 Å². The van der Waals surface area contributed by atoms with Gasteiger partial charge in [0.2, 0.25) is 0 Å². The first-order valence-corrected chi connectivity index (χ1v) is 19.2. The van der Waals surface area contributed by atoms with Gasteiger partial charge in [0.1, 0.15) is 24.9 Å². The van der Waals surface area contributed by atoms with Crippen LogP contribution >= 0.6 is 0 Å². The predicted octanol–water partition coefficient (Wildman–Crippen LogP) is 4.57. The van der Waals surface area contributed by atoms with E-state index < -0.39 is 98.4 Å². The minimum atomic E-state index is -2.00. The summed E-state index contributed by atoms with van der Waals surface area (Å²) in [5.41, 5.74) is 0.679. The summed E-state index contributed by atoms with van der Waals surface area (Å²) in [5.74, 6) is -4.25. The molecule has 15 heteroatoms. The second kappa shape index (κ2) is 20.0. The van der Waals surface area contributed by atoms with Crippen LogP contribution in [0.1, 0.15) is 51.8 Å². The first-order chi connectivity index (χ1) is 29.7. The molecule has 2 heterocycles. The van der Waals surface area contributed by atoms with E-state index in [1.807, 2.05) is 0 Å². The van der Waals surface area contributed by atoms with Crippen molar-refractivity contribution < 1.29 is 72.1 Å². The van der Waals surface area contributed by atoms with E-state index in [0.717, 1.165) is 0 Å². The molecule has 0 aliphatic carbocycles. The fraction of sp³-hybridized carbons (Fsp3) is 0.239. The van der Waals surface area contributed by atoms with Crippen LogP contribution in [0.15, 0.2) is 152 Å². The van der Waals surface area contributed by atoms with Crippen LogP contribution in [0.5, 0.6) is 0 Å². The predicted molar refractivity (Wildman–Crippen MR) is 211 cm³/mol. The number of esters is 5. The van der Waals surface area contributed by atoms with Gasteiger partial charge >= 0.3 is 29.8 Å². The Hall–Kier alpha value is -6.75. The second-order valence-corrected chi connectivity index (χ2v) is 13.8. The molecular weight excluding hydrogens is 792 g/mol. The Morgan fingerprint density at radius 3 is 1.30 bits per heavy atom. The third-order valence-corrected chi connectivity index (χ3v) is 9.72. The molecule has 5 aromatic rings. The zero-order chi connectivity index (χ0) is 42.7. The van der Waals surface area contributed by atoms with E-state index in [1.54, 1.807) is 91.0 Å². The average Bonchev–Trinajstić information content (AvgIpc) is 3.30. The zero-order valence-corrected chi connectivity index (χ0v) is 32.2. The van der Waals surface area contributed by atoms with Crippen molar-refractivity contribution in [2.75, 3.05) is 13.2 Å². The Bertz CT molecular complexity index is 2240. The van der Waals surface area contributed by atoms with Gasteiger partial charge in [-0.2, -0.15) is 0 Å². The topological polar surface area (TPSA) is 200 Å². The van der Waals surface area contributed by atoms with Crippen LogP contribution in [0.2, 0.25) is 0 Å². The van der Waals surface area contributed by atoms with Crippen LogP contribution in [0.4, 0.5) is 0 Å². The van der Waals surface area contributed by atoms with Crippen LogP contribution in [0, 0.1) is 0 Å². The maximum Gasteiger partial charge on any atom is 0.338 e. The molecule has 2 aliphatic rings. The molecule has 0 amide bonds. The van der Waals surface area contributed by atoms with E-state index in [-0.39, 0.29) is 27.8 Å². The smallest absolute Gasteiger partial charge is 0.338 e. The van der Waals surface area contributed by atoms with Gasteiger partial charge in [-0.1, -0.05) is 91.0 Å². The Morgan fingerprint density at radius 2 is 0.852 bits per heavy atom. The van der Waals surface area contributed by atoms with Crippen LogP contribution in [-0.2, 0) is 37.9 Å². The minimum absolute atomic E-state index is 0.0830. The lowest BCUT2D eigenvalue weighted by Gasteiger charge is -2.45. The fourth-order valence-electron chi connectivity index (χ4n) is 6.61. The summed E-state index contributed by atoms with van der Waals surface area (Å²) in [6.07, 6.45) is -15.3. The second-order valence-electron chi connectivity index (χ2n) is 13.8. The van der Waals surface area contributed by atoms with Gasteiger partial charge < -0.3 is 48.1 Å². The third-order valence-electron chi connectivity index (χ3n) is 9.72. The molecule has 5 aromatic carbocycles. The van der Waals surface area contributed by atoms with Gasteiger partial charge in [0.25, 0.3) is 0 Å². The zero-order valence-electron chi connectivity index (χ0n) is 32.2. The number of hydrogen-bond acceptors (Lipinski definition) is 15. The fourth-order valence-corrected chi connectivity index (χ4v) is 6.61. The van der Waals surface area contributed by atoms with Crippen molar-refractivity contribution in [1.82, 2.24) is 0 Å². The number of aliphatic hydroxyl groups is 2. The lowest BCUT2D eigenvalue weighted by atomic mass is 9.98. The van der Waals surface area contributed by atoms with Gasteiger partial charge in [0.05, 0.1) is 34.4 Å². The van der Waals surface area contributed by atoms with Gasteiger partial charge in [-0.15, -0.1) is 0 Å². The minimum Gasteiger partial charge on any atom is -0.459 e. The quantitative estimate of drug-likeness (QED) is 0.123. The summed E-state index contributed by atoms with van der Waals surface area (Å²) >= 11 is 0. The first kappa shape index (κ1) is 42.4. The molecule has 61 heavy (non-hydrogen) atoms. The van der Waals surface area contributed by atoms with Crippen molar-refractivity contribution in [3.8, 4) is 0 Å². The number of ether oxygens (including phenoxy) is 8. The van der Waals surface area contributed by atoms with E-state index in [0.29, 0.717) is 0 Å². The normalized spacial score (nSPS) is 24.7. The summed E-state index contributed by atoms with van der Waals surface area (Å²) in [5, 5.41) is 23.3. The highest BCUT2D eigenvalue weighted by Crippen LogP contribution is 2.33. The highest BCUT2D eigenvalue weighted by atomic mass is 16.8. The molecule has 0 spiro atoms. The number of carbonyl (C=O) groups is 5. The Balaban J connectivity index is 1.19. The van der Waals surface area contributed by atoms with Crippen molar-refractivity contribution in [1.29, 1.82) is 0 Å². The maximum absolute atomic E-state index is 13.7. The van der Waals surface area contributed by atoms with Gasteiger partial charge in [0.15, 0.2) is 37.0 Å². The van der Waals surface area contributed by atoms with Gasteiger partial charge in [0, 0.05) is 0 Å². The van der Waals surface area contributed by atoms with Crippen LogP contribution < -0.4 is 0 Å². The van der Waals surface area contributed by atoms with E-state index in [2.05, 4.69) is 0 Å². The molecule has 7 rings (SSSR count). The monoisotopic (exact) mass is 832 g/mol. The van der Waals surface area contributed by atoms with E-state index in [4.69, 9.17) is 37.9 Å². The summed E-state index contributed by atoms with van der Waals surface area (Å²) in [6, 6.07) is 39.5. The first-order valence-electron chi connectivity index (χ1n) is 19.2. The highest BCUT2D eigenvalue weighted by molar-refractivity contribution is 5.92. The third kappa shape index (κ3) is 10.5. The largest absolute Gasteiger partial charge is 0.459 e. The molecular formula is C46H40O15. The molecule has 2 fully saturated rings. The number of carbonyl (C=O) groups excluding carboxylic acids is 5. The van der Waals surface area contributed by atoms with E-state index in [1.165, 1.54) is 60.7 Å². The molecule has 0 unspecified atom stereocenters. The van der Waals surface area contributed by atoms with Gasteiger partial charge in [-0.3, -0.25) is 0 Å². The van der Waals surface area contributed by atoms with Crippen molar-refractivity contribution in [3.63, 3.8) is 0 Å². The molecule has 2 saturated heterocycles. The number of rotatable bonds is 13. The van der Waals surface area contributed by atoms with Crippen LogP contribution in [0.3, 0.4) is 0 Å². The van der Waals surface area contributed by atoms with Crippen LogP contribution in [0.25, 0.3) is 0 Å².